The smallest absolute Gasteiger partial charge is 0.504 e. The van der Waals surface area contributed by atoms with Crippen LogP contribution < -0.4 is 4.74 Å². The van der Waals surface area contributed by atoms with Gasteiger partial charge in [0.25, 0.3) is 5.88 Å². The fourth-order valence-electron chi connectivity index (χ4n) is 0.637. The van der Waals surface area contributed by atoms with Crippen molar-refractivity contribution < 1.29 is 32.5 Å². The zero-order valence-corrected chi connectivity index (χ0v) is 6.34. The third-order valence-electron chi connectivity index (χ3n) is 1.15. The van der Waals surface area contributed by atoms with Gasteiger partial charge in [-0.05, 0) is 0 Å². The van der Waals surface area contributed by atoms with E-state index in [0.29, 0.717) is 6.20 Å². The molecule has 0 unspecified atom stereocenters. The van der Waals surface area contributed by atoms with Crippen molar-refractivity contribution >= 4 is 0 Å². The number of alkyl halides is 3. The molecular weight excluding hydrogens is 210 g/mol. The van der Waals surface area contributed by atoms with E-state index in [-0.39, 0.29) is 0 Å². The minimum Gasteiger partial charge on any atom is -0.504 e. The molecule has 2 N–H and O–H groups in total. The molecule has 0 radical (unpaired) electrons. The van der Waals surface area contributed by atoms with E-state index in [1.807, 2.05) is 0 Å². The molecule has 0 saturated carbocycles. The van der Waals surface area contributed by atoms with Crippen molar-refractivity contribution in [3.63, 3.8) is 0 Å². The first-order valence-corrected chi connectivity index (χ1v) is 3.13. The monoisotopic (exact) mass is 213 g/mol. The Labute approximate surface area is 74.4 Å². The third kappa shape index (κ3) is 2.15. The van der Waals surface area contributed by atoms with E-state index in [4.69, 9.17) is 10.2 Å². The van der Waals surface area contributed by atoms with Crippen LogP contribution in [-0.2, 0) is 0 Å². The highest BCUT2D eigenvalue weighted by molar-refractivity contribution is 5.39. The second-order valence-electron chi connectivity index (χ2n) is 2.16. The largest absolute Gasteiger partial charge is 0.574 e. The van der Waals surface area contributed by atoms with Crippen LogP contribution in [0.3, 0.4) is 0 Å². The topological polar surface area (TPSA) is 62.6 Å². The first-order valence-electron chi connectivity index (χ1n) is 3.13. The zero-order valence-electron chi connectivity index (χ0n) is 6.34. The molecule has 0 aromatic carbocycles. The van der Waals surface area contributed by atoms with Crippen molar-refractivity contribution in [3.8, 4) is 17.4 Å². The molecule has 0 bridgehead atoms. The van der Waals surface area contributed by atoms with Gasteiger partial charge in [-0.15, -0.1) is 13.2 Å². The summed E-state index contributed by atoms with van der Waals surface area (Å²) in [4.78, 5) is 2.84. The molecule has 0 spiro atoms. The van der Waals surface area contributed by atoms with E-state index >= 15 is 0 Å². The SMILES string of the molecule is Oc1cnc(OC(F)(F)F)c(O)c1F. The molecule has 0 amide bonds. The highest BCUT2D eigenvalue weighted by Crippen LogP contribution is 2.34. The average Bonchev–Trinajstić information content (AvgIpc) is 2.04. The maximum Gasteiger partial charge on any atom is 0.574 e. The standard InChI is InChI=1S/C6H3F4NO3/c7-3-2(12)1-11-5(4(3)13)14-6(8,9)10/h1,12-13H. The van der Waals surface area contributed by atoms with Gasteiger partial charge in [0.05, 0.1) is 6.20 Å². The molecule has 0 aliphatic carbocycles. The third-order valence-corrected chi connectivity index (χ3v) is 1.15. The van der Waals surface area contributed by atoms with Crippen LogP contribution >= 0.6 is 0 Å². The molecule has 14 heavy (non-hydrogen) atoms. The maximum atomic E-state index is 12.6. The predicted molar refractivity (Wildman–Crippen MR) is 34.2 cm³/mol. The molecule has 0 saturated heterocycles. The van der Waals surface area contributed by atoms with Crippen molar-refractivity contribution in [1.82, 2.24) is 4.98 Å². The zero-order chi connectivity index (χ0) is 10.9. The van der Waals surface area contributed by atoms with Crippen molar-refractivity contribution in [3.05, 3.63) is 12.0 Å². The minimum absolute atomic E-state index is 0.385. The maximum absolute atomic E-state index is 12.6. The quantitative estimate of drug-likeness (QED) is 0.694. The number of ether oxygens (including phenoxy) is 1. The second kappa shape index (κ2) is 3.20. The second-order valence-corrected chi connectivity index (χ2v) is 2.16. The van der Waals surface area contributed by atoms with Crippen LogP contribution in [0.4, 0.5) is 17.6 Å². The molecule has 8 heteroatoms. The van der Waals surface area contributed by atoms with E-state index in [2.05, 4.69) is 9.72 Å². The van der Waals surface area contributed by atoms with Crippen molar-refractivity contribution in [1.29, 1.82) is 0 Å². The summed E-state index contributed by atoms with van der Waals surface area (Å²) in [6.07, 6.45) is -4.70. The minimum atomic E-state index is -5.09. The first kappa shape index (κ1) is 10.4. The van der Waals surface area contributed by atoms with Gasteiger partial charge in [-0.2, -0.15) is 4.39 Å². The summed E-state index contributed by atoms with van der Waals surface area (Å²) >= 11 is 0. The highest BCUT2D eigenvalue weighted by Gasteiger charge is 2.34. The number of hydrogen-bond acceptors (Lipinski definition) is 4. The Bertz CT molecular complexity index is 352. The van der Waals surface area contributed by atoms with E-state index in [0.717, 1.165) is 0 Å². The molecule has 78 valence electrons. The van der Waals surface area contributed by atoms with E-state index < -0.39 is 29.6 Å². The number of nitrogens with zero attached hydrogens (tertiary/aromatic N) is 1. The lowest BCUT2D eigenvalue weighted by molar-refractivity contribution is -0.276. The van der Waals surface area contributed by atoms with Crippen LogP contribution in [0.15, 0.2) is 6.20 Å². The van der Waals surface area contributed by atoms with E-state index in [9.17, 15) is 17.6 Å². The Balaban J connectivity index is 3.06. The number of pyridine rings is 1. The number of halogens is 4. The van der Waals surface area contributed by atoms with Gasteiger partial charge in [-0.1, -0.05) is 0 Å². The Morgan fingerprint density at radius 1 is 1.29 bits per heavy atom. The van der Waals surface area contributed by atoms with Gasteiger partial charge >= 0.3 is 6.36 Å². The summed E-state index contributed by atoms with van der Waals surface area (Å²) in [6, 6.07) is 0. The van der Waals surface area contributed by atoms with Crippen LogP contribution in [0.25, 0.3) is 0 Å². The van der Waals surface area contributed by atoms with E-state index in [1.165, 1.54) is 0 Å². The van der Waals surface area contributed by atoms with Crippen LogP contribution in [0.5, 0.6) is 17.4 Å². The Hall–Kier alpha value is -1.73. The molecule has 0 aliphatic rings. The van der Waals surface area contributed by atoms with Crippen LogP contribution in [-0.4, -0.2) is 21.6 Å². The highest BCUT2D eigenvalue weighted by atomic mass is 19.4. The fraction of sp³-hybridized carbons (Fsp3) is 0.167. The van der Waals surface area contributed by atoms with Gasteiger partial charge in [0.2, 0.25) is 11.6 Å². The summed E-state index contributed by atoms with van der Waals surface area (Å²) in [6.45, 7) is 0. The molecule has 0 fully saturated rings. The Kier molecular flexibility index (Phi) is 2.37. The van der Waals surface area contributed by atoms with E-state index in [1.54, 1.807) is 0 Å². The molecule has 4 nitrogen and oxygen atoms in total. The lowest BCUT2D eigenvalue weighted by Gasteiger charge is -2.09. The van der Waals surface area contributed by atoms with Crippen molar-refractivity contribution in [2.75, 3.05) is 0 Å². The van der Waals surface area contributed by atoms with Crippen molar-refractivity contribution in [2.24, 2.45) is 0 Å². The number of aromatic nitrogens is 1. The lowest BCUT2D eigenvalue weighted by atomic mass is 10.4. The summed E-state index contributed by atoms with van der Waals surface area (Å²) in [5, 5.41) is 17.3. The number of aromatic hydroxyl groups is 2. The first-order chi connectivity index (χ1) is 6.31. The molecule has 1 rings (SSSR count). The molecule has 0 atom stereocenters. The fourth-order valence-corrected chi connectivity index (χ4v) is 0.637. The summed E-state index contributed by atoms with van der Waals surface area (Å²) in [5.41, 5.74) is 0. The molecular formula is C6H3F4NO3. The van der Waals surface area contributed by atoms with Crippen LogP contribution in [0.2, 0.25) is 0 Å². The summed E-state index contributed by atoms with van der Waals surface area (Å²) < 4.78 is 50.5. The van der Waals surface area contributed by atoms with Crippen molar-refractivity contribution in [2.45, 2.75) is 6.36 Å². The van der Waals surface area contributed by atoms with Crippen LogP contribution in [0, 0.1) is 5.82 Å². The lowest BCUT2D eigenvalue weighted by Crippen LogP contribution is -2.18. The summed E-state index contributed by atoms with van der Waals surface area (Å²) in [7, 11) is 0. The molecule has 1 heterocycles. The molecule has 1 aromatic heterocycles. The Morgan fingerprint density at radius 2 is 1.86 bits per heavy atom. The van der Waals surface area contributed by atoms with Gasteiger partial charge in [0.1, 0.15) is 0 Å². The predicted octanol–water partition coefficient (Wildman–Crippen LogP) is 1.53. The molecule has 0 aliphatic heterocycles. The number of hydrogen-bond donors (Lipinski definition) is 2. The Morgan fingerprint density at radius 3 is 2.36 bits per heavy atom. The van der Waals surface area contributed by atoms with Crippen LogP contribution in [0.1, 0.15) is 0 Å². The van der Waals surface area contributed by atoms with Gasteiger partial charge in [0, 0.05) is 0 Å². The summed E-state index contributed by atoms with van der Waals surface area (Å²) in [5.74, 6) is -5.55. The van der Waals surface area contributed by atoms with Gasteiger partial charge < -0.3 is 14.9 Å². The van der Waals surface area contributed by atoms with Gasteiger partial charge in [0.15, 0.2) is 5.75 Å². The van der Waals surface area contributed by atoms with Gasteiger partial charge in [-0.25, -0.2) is 4.98 Å². The molecule has 1 aromatic rings. The number of rotatable bonds is 1. The average molecular weight is 213 g/mol. The normalized spacial score (nSPS) is 11.4. The van der Waals surface area contributed by atoms with Gasteiger partial charge in [-0.3, -0.25) is 0 Å².